The van der Waals surface area contributed by atoms with E-state index in [1.807, 2.05) is 45.9 Å². The van der Waals surface area contributed by atoms with Crippen molar-refractivity contribution in [3.63, 3.8) is 0 Å². The van der Waals surface area contributed by atoms with Crippen LogP contribution in [0.1, 0.15) is 27.7 Å². The van der Waals surface area contributed by atoms with E-state index in [2.05, 4.69) is 42.5 Å². The van der Waals surface area contributed by atoms with E-state index in [1.165, 1.54) is 0 Å². The Kier molecular flexibility index (Phi) is 5.22. The Labute approximate surface area is 125 Å². The Morgan fingerprint density at radius 3 is 2.44 bits per heavy atom. The summed E-state index contributed by atoms with van der Waals surface area (Å²) in [6.45, 7) is 7.74. The van der Waals surface area contributed by atoms with Gasteiger partial charge in [-0.25, -0.2) is 0 Å². The number of benzene rings is 1. The van der Waals surface area contributed by atoms with Crippen LogP contribution >= 0.6 is 31.9 Å². The van der Waals surface area contributed by atoms with E-state index < -0.39 is 0 Å². The first-order valence-electron chi connectivity index (χ1n) is 5.72. The predicted octanol–water partition coefficient (Wildman–Crippen LogP) is 3.93. The fourth-order valence-corrected chi connectivity index (χ4v) is 2.11. The molecule has 1 aromatic rings. The van der Waals surface area contributed by atoms with Gasteiger partial charge in [0.2, 0.25) is 5.91 Å². The Bertz CT molecular complexity index is 441. The molecule has 2 N–H and O–H groups in total. The average molecular weight is 378 g/mol. The van der Waals surface area contributed by atoms with Gasteiger partial charge in [0, 0.05) is 14.5 Å². The molecule has 0 heterocycles. The third-order valence-corrected chi connectivity index (χ3v) is 3.38. The highest BCUT2D eigenvalue weighted by Gasteiger charge is 2.19. The van der Waals surface area contributed by atoms with E-state index in [0.717, 1.165) is 14.6 Å². The van der Waals surface area contributed by atoms with Crippen molar-refractivity contribution in [2.75, 3.05) is 5.32 Å². The molecule has 0 fully saturated rings. The lowest BCUT2D eigenvalue weighted by Gasteiger charge is -2.24. The fourth-order valence-electron chi connectivity index (χ4n) is 1.38. The molecular weight excluding hydrogens is 360 g/mol. The van der Waals surface area contributed by atoms with Crippen LogP contribution in [-0.2, 0) is 4.79 Å². The quantitative estimate of drug-likeness (QED) is 0.837. The Morgan fingerprint density at radius 2 is 1.89 bits per heavy atom. The number of carbonyl (C=O) groups is 1. The molecule has 0 bridgehead atoms. The minimum atomic E-state index is -0.296. The van der Waals surface area contributed by atoms with Crippen molar-refractivity contribution in [1.29, 1.82) is 0 Å². The fraction of sp³-hybridized carbons (Fsp3) is 0.462. The molecule has 0 saturated heterocycles. The van der Waals surface area contributed by atoms with Gasteiger partial charge >= 0.3 is 0 Å². The van der Waals surface area contributed by atoms with Gasteiger partial charge in [-0.3, -0.25) is 4.79 Å². The second-order valence-corrected chi connectivity index (χ2v) is 7.00. The smallest absolute Gasteiger partial charge is 0.242 e. The molecule has 1 atom stereocenters. The number of hydrogen-bond acceptors (Lipinski definition) is 2. The SMILES string of the molecule is CC(Nc1cc(Br)ccc1Br)C(=O)NC(C)(C)C. The molecule has 0 spiro atoms. The molecule has 18 heavy (non-hydrogen) atoms. The molecule has 0 radical (unpaired) electrons. The van der Waals surface area contributed by atoms with E-state index >= 15 is 0 Å². The van der Waals surface area contributed by atoms with Gasteiger partial charge in [0.15, 0.2) is 0 Å². The van der Waals surface area contributed by atoms with E-state index in [9.17, 15) is 4.79 Å². The van der Waals surface area contributed by atoms with Crippen LogP contribution < -0.4 is 10.6 Å². The van der Waals surface area contributed by atoms with Gasteiger partial charge in [-0.2, -0.15) is 0 Å². The van der Waals surface area contributed by atoms with Crippen molar-refractivity contribution in [3.8, 4) is 0 Å². The highest BCUT2D eigenvalue weighted by atomic mass is 79.9. The van der Waals surface area contributed by atoms with Gasteiger partial charge < -0.3 is 10.6 Å². The van der Waals surface area contributed by atoms with Gasteiger partial charge in [0.05, 0.1) is 5.69 Å². The Morgan fingerprint density at radius 1 is 1.28 bits per heavy atom. The monoisotopic (exact) mass is 376 g/mol. The molecule has 1 amide bonds. The molecule has 0 aromatic heterocycles. The first-order valence-corrected chi connectivity index (χ1v) is 7.31. The van der Waals surface area contributed by atoms with Crippen molar-refractivity contribution >= 4 is 43.5 Å². The second-order valence-electron chi connectivity index (χ2n) is 5.23. The van der Waals surface area contributed by atoms with Crippen LogP contribution in [0, 0.1) is 0 Å². The molecule has 0 aliphatic carbocycles. The number of hydrogen-bond donors (Lipinski definition) is 2. The van der Waals surface area contributed by atoms with Crippen LogP contribution in [0.25, 0.3) is 0 Å². The lowest BCUT2D eigenvalue weighted by Crippen LogP contribution is -2.47. The topological polar surface area (TPSA) is 41.1 Å². The molecule has 1 aromatic carbocycles. The van der Waals surface area contributed by atoms with Gasteiger partial charge in [0.25, 0.3) is 0 Å². The minimum Gasteiger partial charge on any atom is -0.373 e. The highest BCUT2D eigenvalue weighted by molar-refractivity contribution is 9.11. The maximum Gasteiger partial charge on any atom is 0.242 e. The summed E-state index contributed by atoms with van der Waals surface area (Å²) in [6.07, 6.45) is 0. The number of nitrogens with one attached hydrogen (secondary N) is 2. The molecule has 0 aliphatic heterocycles. The van der Waals surface area contributed by atoms with Crippen LogP contribution in [0.5, 0.6) is 0 Å². The number of halogens is 2. The summed E-state index contributed by atoms with van der Waals surface area (Å²) < 4.78 is 1.90. The molecule has 5 heteroatoms. The number of anilines is 1. The zero-order valence-electron chi connectivity index (χ0n) is 11.0. The highest BCUT2D eigenvalue weighted by Crippen LogP contribution is 2.26. The Balaban J connectivity index is 2.72. The molecular formula is C13H18Br2N2O. The van der Waals surface area contributed by atoms with Crippen molar-refractivity contribution in [1.82, 2.24) is 5.32 Å². The summed E-state index contributed by atoms with van der Waals surface area (Å²) in [6, 6.07) is 5.51. The lowest BCUT2D eigenvalue weighted by atomic mass is 10.1. The summed E-state index contributed by atoms with van der Waals surface area (Å²) >= 11 is 6.87. The average Bonchev–Trinajstić information content (AvgIpc) is 2.21. The van der Waals surface area contributed by atoms with Crippen LogP contribution in [0.4, 0.5) is 5.69 Å². The zero-order chi connectivity index (χ0) is 13.9. The lowest BCUT2D eigenvalue weighted by molar-refractivity contribution is -0.122. The van der Waals surface area contributed by atoms with E-state index in [0.29, 0.717) is 0 Å². The summed E-state index contributed by atoms with van der Waals surface area (Å²) in [4.78, 5) is 12.0. The van der Waals surface area contributed by atoms with E-state index in [1.54, 1.807) is 0 Å². The van der Waals surface area contributed by atoms with Gasteiger partial charge in [-0.05, 0) is 61.8 Å². The van der Waals surface area contributed by atoms with Crippen LogP contribution in [0.2, 0.25) is 0 Å². The van der Waals surface area contributed by atoms with Crippen molar-refractivity contribution in [2.24, 2.45) is 0 Å². The maximum absolute atomic E-state index is 12.0. The van der Waals surface area contributed by atoms with Crippen LogP contribution in [-0.4, -0.2) is 17.5 Å². The third-order valence-electron chi connectivity index (χ3n) is 2.19. The standard InChI is InChI=1S/C13H18Br2N2O/c1-8(12(18)17-13(2,3)4)16-11-7-9(14)5-6-10(11)15/h5-8,16H,1-4H3,(H,17,18). The molecule has 3 nitrogen and oxygen atoms in total. The molecule has 0 aliphatic rings. The number of carbonyl (C=O) groups excluding carboxylic acids is 1. The summed E-state index contributed by atoms with van der Waals surface area (Å²) in [5.41, 5.74) is 0.669. The molecule has 100 valence electrons. The van der Waals surface area contributed by atoms with Crippen LogP contribution in [0.15, 0.2) is 27.1 Å². The largest absolute Gasteiger partial charge is 0.373 e. The van der Waals surface area contributed by atoms with E-state index in [-0.39, 0.29) is 17.5 Å². The molecule has 1 rings (SSSR count). The maximum atomic E-state index is 12.0. The predicted molar refractivity (Wildman–Crippen MR) is 82.8 cm³/mol. The summed E-state index contributed by atoms with van der Waals surface area (Å²) in [5, 5.41) is 6.13. The van der Waals surface area contributed by atoms with Crippen molar-refractivity contribution in [2.45, 2.75) is 39.3 Å². The van der Waals surface area contributed by atoms with Gasteiger partial charge in [0.1, 0.15) is 6.04 Å². The first kappa shape index (κ1) is 15.5. The van der Waals surface area contributed by atoms with Crippen molar-refractivity contribution in [3.05, 3.63) is 27.1 Å². The van der Waals surface area contributed by atoms with Crippen molar-refractivity contribution < 1.29 is 4.79 Å². The minimum absolute atomic E-state index is 0.0191. The Hall–Kier alpha value is -0.550. The third kappa shape index (κ3) is 4.98. The normalized spacial score (nSPS) is 13.0. The first-order chi connectivity index (χ1) is 8.19. The molecule has 0 saturated carbocycles. The second kappa shape index (κ2) is 6.06. The summed E-state index contributed by atoms with van der Waals surface area (Å²) in [7, 11) is 0. The van der Waals surface area contributed by atoms with E-state index in [4.69, 9.17) is 0 Å². The van der Waals surface area contributed by atoms with Gasteiger partial charge in [-0.15, -0.1) is 0 Å². The van der Waals surface area contributed by atoms with Gasteiger partial charge in [-0.1, -0.05) is 15.9 Å². The van der Waals surface area contributed by atoms with Crippen LogP contribution in [0.3, 0.4) is 0 Å². The molecule has 1 unspecified atom stereocenters. The number of rotatable bonds is 3. The number of amides is 1. The zero-order valence-corrected chi connectivity index (χ0v) is 14.1. The summed E-state index contributed by atoms with van der Waals surface area (Å²) in [5.74, 6) is -0.0191.